The number of halogens is 2. The fourth-order valence-corrected chi connectivity index (χ4v) is 3.92. The first kappa shape index (κ1) is 20.9. The summed E-state index contributed by atoms with van der Waals surface area (Å²) in [4.78, 5) is 0. The maximum atomic E-state index is 14.4. The van der Waals surface area contributed by atoms with E-state index in [2.05, 4.69) is 16.2 Å². The normalized spacial score (nSPS) is 30.5. The van der Waals surface area contributed by atoms with Crippen molar-refractivity contribution in [3.05, 3.63) is 35.5 Å². The molecule has 1 N–H and O–H groups in total. The van der Waals surface area contributed by atoms with Crippen molar-refractivity contribution < 1.29 is 28.1 Å². The van der Waals surface area contributed by atoms with E-state index >= 15 is 0 Å². The van der Waals surface area contributed by atoms with E-state index in [0.717, 1.165) is 0 Å². The van der Waals surface area contributed by atoms with E-state index in [1.165, 1.54) is 29.9 Å². The molecule has 160 valence electrons. The van der Waals surface area contributed by atoms with Crippen LogP contribution in [0.1, 0.15) is 31.9 Å². The van der Waals surface area contributed by atoms with Crippen molar-refractivity contribution in [3.8, 4) is 23.6 Å². The zero-order valence-electron chi connectivity index (χ0n) is 16.9. The van der Waals surface area contributed by atoms with Gasteiger partial charge in [-0.15, -0.1) is 17.4 Å². The van der Waals surface area contributed by atoms with Gasteiger partial charge >= 0.3 is 0 Å². The number of aliphatic hydroxyl groups excluding tert-OH is 1. The molecule has 2 fully saturated rings. The third-order valence-electron chi connectivity index (χ3n) is 5.48. The number of rotatable bonds is 3. The number of benzene rings is 1. The van der Waals surface area contributed by atoms with Gasteiger partial charge < -0.3 is 19.3 Å². The summed E-state index contributed by atoms with van der Waals surface area (Å²) in [6.07, 6.45) is 4.28. The van der Waals surface area contributed by atoms with Gasteiger partial charge in [0.25, 0.3) is 0 Å². The average molecular weight is 419 g/mol. The van der Waals surface area contributed by atoms with Gasteiger partial charge in [-0.05, 0) is 32.4 Å². The maximum Gasteiger partial charge on any atom is 0.168 e. The van der Waals surface area contributed by atoms with Crippen LogP contribution in [0.4, 0.5) is 8.78 Å². The molecule has 0 bridgehead atoms. The highest BCUT2D eigenvalue weighted by atomic mass is 19.2. The lowest BCUT2D eigenvalue weighted by molar-refractivity contribution is -0.348. The van der Waals surface area contributed by atoms with Gasteiger partial charge in [-0.2, -0.15) is 0 Å². The average Bonchev–Trinajstić information content (AvgIpc) is 3.16. The predicted molar refractivity (Wildman–Crippen MR) is 102 cm³/mol. The maximum absolute atomic E-state index is 14.4. The van der Waals surface area contributed by atoms with Crippen molar-refractivity contribution in [2.24, 2.45) is 0 Å². The number of nitrogens with zero attached hydrogens (tertiary/aromatic N) is 3. The summed E-state index contributed by atoms with van der Waals surface area (Å²) in [6.45, 7) is 5.25. The molecular weight excluding hydrogens is 396 g/mol. The molecule has 0 amide bonds. The third kappa shape index (κ3) is 3.61. The third-order valence-corrected chi connectivity index (χ3v) is 5.48. The van der Waals surface area contributed by atoms with Gasteiger partial charge in [0.1, 0.15) is 30.0 Å². The van der Waals surface area contributed by atoms with Gasteiger partial charge in [-0.1, -0.05) is 11.3 Å². The van der Waals surface area contributed by atoms with Crippen LogP contribution in [0.15, 0.2) is 18.3 Å². The van der Waals surface area contributed by atoms with Crippen molar-refractivity contribution in [2.75, 3.05) is 6.61 Å². The van der Waals surface area contributed by atoms with E-state index in [9.17, 15) is 13.9 Å². The van der Waals surface area contributed by atoms with Crippen molar-refractivity contribution in [2.45, 2.75) is 63.4 Å². The monoisotopic (exact) mass is 419 g/mol. The highest BCUT2D eigenvalue weighted by molar-refractivity contribution is 5.59. The van der Waals surface area contributed by atoms with Crippen molar-refractivity contribution in [1.29, 1.82) is 0 Å². The van der Waals surface area contributed by atoms with Crippen LogP contribution in [-0.2, 0) is 14.2 Å². The molecule has 1 aromatic carbocycles. The zero-order chi connectivity index (χ0) is 21.6. The Morgan fingerprint density at radius 3 is 2.83 bits per heavy atom. The van der Waals surface area contributed by atoms with E-state index in [-0.39, 0.29) is 29.8 Å². The van der Waals surface area contributed by atoms with Crippen LogP contribution in [0.25, 0.3) is 11.3 Å². The lowest BCUT2D eigenvalue weighted by Crippen LogP contribution is -2.62. The Balaban J connectivity index is 1.72. The highest BCUT2D eigenvalue weighted by Gasteiger charge is 2.51. The highest BCUT2D eigenvalue weighted by Crippen LogP contribution is 2.39. The number of fused-ring (bicyclic) bond motifs is 1. The molecular formula is C21H23F2N3O4. The number of aryl methyl sites for hydroxylation is 1. The Hall–Kier alpha value is -2.38. The van der Waals surface area contributed by atoms with Crippen LogP contribution in [0.3, 0.4) is 0 Å². The van der Waals surface area contributed by atoms with Crippen LogP contribution in [0.5, 0.6) is 0 Å². The molecule has 2 aromatic rings. The molecule has 0 radical (unpaired) electrons. The minimum Gasteiger partial charge on any atom is -0.388 e. The summed E-state index contributed by atoms with van der Waals surface area (Å²) in [5.74, 6) is -0.326. The Morgan fingerprint density at radius 1 is 1.33 bits per heavy atom. The number of aromatic nitrogens is 3. The second-order valence-electron chi connectivity index (χ2n) is 8.04. The second kappa shape index (κ2) is 7.71. The van der Waals surface area contributed by atoms with Crippen molar-refractivity contribution in [1.82, 2.24) is 15.0 Å². The molecule has 3 heterocycles. The molecule has 0 aliphatic carbocycles. The Morgan fingerprint density at radius 2 is 2.10 bits per heavy atom. The standard InChI is InChI=1S/C21H23F2N3O4/c1-5-6-14-19(27)18(20-15(29-14)10-28-21(3,4)30-20)26-9-13(24-25-26)12-8-7-11(2)16(22)17(12)23/h1,7-9,14-15,18-20,27H,6,10H2,2-4H3/t14-,15-,18-,19+,20+/m1/s1. The summed E-state index contributed by atoms with van der Waals surface area (Å²) >= 11 is 0. The topological polar surface area (TPSA) is 78.6 Å². The number of hydrogen-bond donors (Lipinski definition) is 1. The van der Waals surface area contributed by atoms with Crippen LogP contribution < -0.4 is 0 Å². The Bertz CT molecular complexity index is 987. The minimum absolute atomic E-state index is 0.0177. The van der Waals surface area contributed by atoms with Gasteiger partial charge in [-0.25, -0.2) is 13.5 Å². The summed E-state index contributed by atoms with van der Waals surface area (Å²) in [7, 11) is 0. The van der Waals surface area contributed by atoms with Crippen molar-refractivity contribution in [3.63, 3.8) is 0 Å². The van der Waals surface area contributed by atoms with Gasteiger partial charge in [0, 0.05) is 12.0 Å². The summed E-state index contributed by atoms with van der Waals surface area (Å²) in [5.41, 5.74) is 0.318. The molecule has 4 rings (SSSR count). The van der Waals surface area contributed by atoms with Gasteiger partial charge in [0.05, 0.1) is 18.9 Å². The molecule has 2 saturated heterocycles. The molecule has 7 nitrogen and oxygen atoms in total. The predicted octanol–water partition coefficient (Wildman–Crippen LogP) is 2.38. The first-order chi connectivity index (χ1) is 14.2. The number of ether oxygens (including phenoxy) is 3. The first-order valence-corrected chi connectivity index (χ1v) is 9.67. The number of aliphatic hydroxyl groups is 1. The summed E-state index contributed by atoms with van der Waals surface area (Å²) in [6, 6.07) is 2.21. The Kier molecular flexibility index (Phi) is 5.36. The molecule has 30 heavy (non-hydrogen) atoms. The second-order valence-corrected chi connectivity index (χ2v) is 8.04. The molecule has 9 heteroatoms. The largest absolute Gasteiger partial charge is 0.388 e. The lowest BCUT2D eigenvalue weighted by atomic mass is 9.90. The summed E-state index contributed by atoms with van der Waals surface area (Å²) < 4.78 is 47.5. The van der Waals surface area contributed by atoms with Gasteiger partial charge in [-0.3, -0.25) is 0 Å². The van der Waals surface area contributed by atoms with E-state index in [0.29, 0.717) is 0 Å². The fourth-order valence-electron chi connectivity index (χ4n) is 3.92. The molecule has 2 aliphatic heterocycles. The van der Waals surface area contributed by atoms with Crippen LogP contribution in [-0.4, -0.2) is 56.9 Å². The molecule has 2 aliphatic rings. The lowest BCUT2D eigenvalue weighted by Gasteiger charge is -2.50. The van der Waals surface area contributed by atoms with E-state index < -0.39 is 47.9 Å². The number of terminal acetylenes is 1. The van der Waals surface area contributed by atoms with Crippen LogP contribution >= 0.6 is 0 Å². The molecule has 1 aromatic heterocycles. The van der Waals surface area contributed by atoms with E-state index in [1.54, 1.807) is 13.8 Å². The van der Waals surface area contributed by atoms with Gasteiger partial charge in [0.15, 0.2) is 17.4 Å². The van der Waals surface area contributed by atoms with Gasteiger partial charge in [0.2, 0.25) is 0 Å². The van der Waals surface area contributed by atoms with Crippen LogP contribution in [0.2, 0.25) is 0 Å². The van der Waals surface area contributed by atoms with E-state index in [4.69, 9.17) is 20.6 Å². The molecule has 0 saturated carbocycles. The van der Waals surface area contributed by atoms with E-state index in [1.807, 2.05) is 0 Å². The zero-order valence-corrected chi connectivity index (χ0v) is 16.9. The molecule has 0 spiro atoms. The number of hydrogen-bond acceptors (Lipinski definition) is 6. The van der Waals surface area contributed by atoms with Crippen molar-refractivity contribution >= 4 is 0 Å². The fraction of sp³-hybridized carbons (Fsp3) is 0.524. The SMILES string of the molecule is C#CC[C@H]1O[C@@H]2COC(C)(C)O[C@@H]2[C@H](n2cc(-c3ccc(C)c(F)c3F)nn2)[C@H]1O. The van der Waals surface area contributed by atoms with Crippen LogP contribution in [0, 0.1) is 30.9 Å². The Labute approximate surface area is 172 Å². The first-order valence-electron chi connectivity index (χ1n) is 9.67. The summed E-state index contributed by atoms with van der Waals surface area (Å²) in [5, 5.41) is 19.1. The minimum atomic E-state index is -1.05. The quantitative estimate of drug-likeness (QED) is 0.770. The molecule has 0 unspecified atom stereocenters. The molecule has 5 atom stereocenters. The smallest absolute Gasteiger partial charge is 0.168 e.